The Labute approximate surface area is 105 Å². The molecular formula is C13H15N3O2. The summed E-state index contributed by atoms with van der Waals surface area (Å²) in [6.07, 6.45) is 4.70. The van der Waals surface area contributed by atoms with Gasteiger partial charge in [-0.2, -0.15) is 4.98 Å². The zero-order valence-electron chi connectivity index (χ0n) is 10.3. The molecule has 0 atom stereocenters. The molecule has 18 heavy (non-hydrogen) atoms. The third-order valence-corrected chi connectivity index (χ3v) is 3.50. The van der Waals surface area contributed by atoms with Gasteiger partial charge in [0.2, 0.25) is 6.39 Å². The van der Waals surface area contributed by atoms with Crippen molar-refractivity contribution in [1.29, 1.82) is 0 Å². The fraction of sp³-hybridized carbons (Fsp3) is 0.462. The Bertz CT molecular complexity index is 569. The van der Waals surface area contributed by atoms with E-state index >= 15 is 0 Å². The van der Waals surface area contributed by atoms with Gasteiger partial charge in [0, 0.05) is 36.3 Å². The number of Topliss-reactive ketones (excluding diaryl/α,β-unsaturated/α-hetero) is 1. The van der Waals surface area contributed by atoms with E-state index in [1.165, 1.54) is 12.1 Å². The van der Waals surface area contributed by atoms with Crippen LogP contribution >= 0.6 is 0 Å². The van der Waals surface area contributed by atoms with E-state index in [0.29, 0.717) is 12.2 Å². The number of hydrogen-bond donors (Lipinski definition) is 0. The van der Waals surface area contributed by atoms with Crippen LogP contribution in [0.15, 0.2) is 17.0 Å². The van der Waals surface area contributed by atoms with Crippen LogP contribution in [0.2, 0.25) is 0 Å². The first-order chi connectivity index (χ1) is 8.75. The Morgan fingerprint density at radius 3 is 3.11 bits per heavy atom. The Morgan fingerprint density at radius 1 is 1.44 bits per heavy atom. The van der Waals surface area contributed by atoms with Crippen LogP contribution in [0.5, 0.6) is 0 Å². The van der Waals surface area contributed by atoms with Gasteiger partial charge in [-0.1, -0.05) is 5.16 Å². The molecule has 5 heteroatoms. The molecule has 0 unspecified atom stereocenters. The third kappa shape index (κ3) is 1.85. The van der Waals surface area contributed by atoms with Crippen molar-refractivity contribution in [3.63, 3.8) is 0 Å². The number of hydrogen-bond acceptors (Lipinski definition) is 4. The van der Waals surface area contributed by atoms with Gasteiger partial charge in [0.25, 0.3) is 0 Å². The normalized spacial score (nSPS) is 14.8. The molecule has 1 aliphatic rings. The number of rotatable bonds is 3. The van der Waals surface area contributed by atoms with Gasteiger partial charge in [-0.3, -0.25) is 4.79 Å². The summed E-state index contributed by atoms with van der Waals surface area (Å²) in [4.78, 5) is 15.8. The summed E-state index contributed by atoms with van der Waals surface area (Å²) in [5, 5.41) is 3.81. The van der Waals surface area contributed by atoms with E-state index in [1.807, 2.05) is 13.0 Å². The second kappa shape index (κ2) is 4.40. The predicted octanol–water partition coefficient (Wildman–Crippen LogP) is 1.94. The van der Waals surface area contributed by atoms with Gasteiger partial charge in [0.15, 0.2) is 11.6 Å². The summed E-state index contributed by atoms with van der Waals surface area (Å²) < 4.78 is 6.93. The SMILES string of the molecule is Cc1cc2c(n1CCc1ncon1)CCCC2=O. The molecule has 1 aliphatic carbocycles. The van der Waals surface area contributed by atoms with Gasteiger partial charge in [-0.15, -0.1) is 0 Å². The van der Waals surface area contributed by atoms with E-state index in [9.17, 15) is 4.79 Å². The van der Waals surface area contributed by atoms with Crippen molar-refractivity contribution >= 4 is 5.78 Å². The molecule has 3 rings (SSSR count). The maximum Gasteiger partial charge on any atom is 0.213 e. The van der Waals surface area contributed by atoms with Crippen LogP contribution in [0.25, 0.3) is 0 Å². The fourth-order valence-corrected chi connectivity index (χ4v) is 2.62. The van der Waals surface area contributed by atoms with E-state index < -0.39 is 0 Å². The molecule has 2 aromatic heterocycles. The molecule has 0 amide bonds. The minimum atomic E-state index is 0.276. The van der Waals surface area contributed by atoms with Crippen LogP contribution in [0.1, 0.15) is 40.4 Å². The summed E-state index contributed by atoms with van der Waals surface area (Å²) in [5.74, 6) is 0.983. The topological polar surface area (TPSA) is 60.9 Å². The Hall–Kier alpha value is -1.91. The van der Waals surface area contributed by atoms with Crippen LogP contribution in [-0.2, 0) is 19.4 Å². The first-order valence-electron chi connectivity index (χ1n) is 6.23. The monoisotopic (exact) mass is 245 g/mol. The molecule has 0 bridgehead atoms. The van der Waals surface area contributed by atoms with Crippen molar-refractivity contribution < 1.29 is 9.32 Å². The van der Waals surface area contributed by atoms with Crippen molar-refractivity contribution in [2.75, 3.05) is 0 Å². The van der Waals surface area contributed by atoms with E-state index in [1.54, 1.807) is 0 Å². The van der Waals surface area contributed by atoms with E-state index in [-0.39, 0.29) is 5.78 Å². The van der Waals surface area contributed by atoms with Crippen molar-refractivity contribution in [3.05, 3.63) is 35.2 Å². The molecule has 0 saturated carbocycles. The number of carbonyl (C=O) groups is 1. The van der Waals surface area contributed by atoms with Crippen molar-refractivity contribution in [2.45, 2.75) is 39.2 Å². The number of carbonyl (C=O) groups excluding carboxylic acids is 1. The van der Waals surface area contributed by atoms with Crippen LogP contribution < -0.4 is 0 Å². The molecule has 94 valence electrons. The van der Waals surface area contributed by atoms with Gasteiger partial charge in [-0.05, 0) is 25.8 Å². The van der Waals surface area contributed by atoms with E-state index in [4.69, 9.17) is 4.52 Å². The van der Waals surface area contributed by atoms with Crippen molar-refractivity contribution in [3.8, 4) is 0 Å². The first kappa shape index (κ1) is 11.2. The van der Waals surface area contributed by atoms with E-state index in [0.717, 1.165) is 37.1 Å². The van der Waals surface area contributed by atoms with Gasteiger partial charge in [0.1, 0.15) is 0 Å². The standard InChI is InChI=1S/C13H15N3O2/c1-9-7-10-11(3-2-4-12(10)17)16(9)6-5-13-14-8-18-15-13/h7-8H,2-6H2,1H3. The molecule has 2 heterocycles. The zero-order valence-corrected chi connectivity index (χ0v) is 10.3. The largest absolute Gasteiger partial charge is 0.348 e. The Morgan fingerprint density at radius 2 is 2.33 bits per heavy atom. The van der Waals surface area contributed by atoms with Crippen LogP contribution in [0, 0.1) is 6.92 Å². The zero-order chi connectivity index (χ0) is 12.5. The number of fused-ring (bicyclic) bond motifs is 1. The molecular weight excluding hydrogens is 230 g/mol. The third-order valence-electron chi connectivity index (χ3n) is 3.50. The summed E-state index contributed by atoms with van der Waals surface area (Å²) in [6.45, 7) is 2.84. The number of aryl methyl sites for hydroxylation is 2. The maximum absolute atomic E-state index is 11.8. The number of nitrogens with zero attached hydrogens (tertiary/aromatic N) is 3. The molecule has 0 saturated heterocycles. The van der Waals surface area contributed by atoms with Gasteiger partial charge in [-0.25, -0.2) is 0 Å². The predicted molar refractivity (Wildman–Crippen MR) is 64.4 cm³/mol. The van der Waals surface area contributed by atoms with E-state index in [2.05, 4.69) is 14.7 Å². The lowest BCUT2D eigenvalue weighted by molar-refractivity contribution is 0.0972. The lowest BCUT2D eigenvalue weighted by atomic mass is 9.96. The highest BCUT2D eigenvalue weighted by atomic mass is 16.5. The van der Waals surface area contributed by atoms with Gasteiger partial charge >= 0.3 is 0 Å². The summed E-state index contributed by atoms with van der Waals surface area (Å²) >= 11 is 0. The average Bonchev–Trinajstić information content (AvgIpc) is 2.95. The first-order valence-corrected chi connectivity index (χ1v) is 6.23. The highest BCUT2D eigenvalue weighted by molar-refractivity contribution is 5.98. The lowest BCUT2D eigenvalue weighted by Gasteiger charge is -2.15. The molecule has 2 aromatic rings. The van der Waals surface area contributed by atoms with Crippen molar-refractivity contribution in [2.24, 2.45) is 0 Å². The second-order valence-electron chi connectivity index (χ2n) is 4.67. The Kier molecular flexibility index (Phi) is 2.74. The second-order valence-corrected chi connectivity index (χ2v) is 4.67. The van der Waals surface area contributed by atoms with Crippen LogP contribution in [-0.4, -0.2) is 20.5 Å². The maximum atomic E-state index is 11.8. The molecule has 0 aromatic carbocycles. The highest BCUT2D eigenvalue weighted by Gasteiger charge is 2.22. The highest BCUT2D eigenvalue weighted by Crippen LogP contribution is 2.25. The minimum Gasteiger partial charge on any atom is -0.348 e. The quantitative estimate of drug-likeness (QED) is 0.829. The van der Waals surface area contributed by atoms with Crippen LogP contribution in [0.3, 0.4) is 0 Å². The van der Waals surface area contributed by atoms with Crippen LogP contribution in [0.4, 0.5) is 0 Å². The summed E-state index contributed by atoms with van der Waals surface area (Å²) in [5.41, 5.74) is 3.22. The van der Waals surface area contributed by atoms with Crippen molar-refractivity contribution in [1.82, 2.24) is 14.7 Å². The number of aromatic nitrogens is 3. The Balaban J connectivity index is 1.85. The fourth-order valence-electron chi connectivity index (χ4n) is 2.62. The summed E-state index contributed by atoms with van der Waals surface area (Å²) in [6, 6.07) is 2.01. The minimum absolute atomic E-state index is 0.276. The smallest absolute Gasteiger partial charge is 0.213 e. The molecule has 0 spiro atoms. The lowest BCUT2D eigenvalue weighted by Crippen LogP contribution is -2.14. The van der Waals surface area contributed by atoms with Gasteiger partial charge < -0.3 is 9.09 Å². The molecule has 0 fully saturated rings. The summed E-state index contributed by atoms with van der Waals surface area (Å²) in [7, 11) is 0. The molecule has 0 radical (unpaired) electrons. The molecule has 0 aliphatic heterocycles. The average molecular weight is 245 g/mol. The molecule has 0 N–H and O–H groups in total. The number of ketones is 1. The molecule has 5 nitrogen and oxygen atoms in total. The van der Waals surface area contributed by atoms with Gasteiger partial charge in [0.05, 0.1) is 0 Å².